The first-order valence-electron chi connectivity index (χ1n) is 5.07. The number of carboxylic acids is 2. The molecule has 0 heterocycles. The van der Waals surface area contributed by atoms with Crippen LogP contribution in [0.2, 0.25) is 0 Å². The van der Waals surface area contributed by atoms with Crippen molar-refractivity contribution in [3.63, 3.8) is 0 Å². The Bertz CT molecular complexity index is 339. The van der Waals surface area contributed by atoms with Crippen molar-refractivity contribution in [1.29, 1.82) is 0 Å². The summed E-state index contributed by atoms with van der Waals surface area (Å²) in [4.78, 5) is 22.2. The fourth-order valence-corrected chi connectivity index (χ4v) is 2.13. The molecule has 0 aromatic rings. The molecule has 0 bridgehead atoms. The number of rotatable bonds is 4. The average molecular weight is 230 g/mol. The average Bonchev–Trinajstić information content (AvgIpc) is 2.17. The van der Waals surface area contributed by atoms with Crippen molar-refractivity contribution < 1.29 is 24.2 Å². The third-order valence-electron chi connectivity index (χ3n) is 3.19. The lowest BCUT2D eigenvalue weighted by Gasteiger charge is -2.37. The lowest BCUT2D eigenvalue weighted by atomic mass is 9.65. The van der Waals surface area contributed by atoms with Crippen LogP contribution in [0.1, 0.15) is 26.2 Å². The maximum absolute atomic E-state index is 12.4. The summed E-state index contributed by atoms with van der Waals surface area (Å²) in [5.74, 6) is -2.20. The van der Waals surface area contributed by atoms with Gasteiger partial charge in [-0.3, -0.25) is 14.0 Å². The van der Waals surface area contributed by atoms with E-state index in [0.717, 1.165) is 0 Å². The minimum Gasteiger partial charge on any atom is -0.481 e. The van der Waals surface area contributed by atoms with E-state index in [9.17, 15) is 14.0 Å². The fraction of sp³-hybridized carbons (Fsp3) is 0.636. The number of aliphatic carboxylic acids is 2. The number of allylic oxidation sites excluding steroid dienone is 1. The van der Waals surface area contributed by atoms with Crippen LogP contribution < -0.4 is 0 Å². The molecule has 1 aliphatic rings. The van der Waals surface area contributed by atoms with E-state index in [1.54, 1.807) is 0 Å². The van der Waals surface area contributed by atoms with Gasteiger partial charge in [0.05, 0.1) is 17.5 Å². The monoisotopic (exact) mass is 230 g/mol. The first kappa shape index (κ1) is 12.7. The van der Waals surface area contributed by atoms with E-state index < -0.39 is 29.4 Å². The molecule has 0 amide bonds. The van der Waals surface area contributed by atoms with Crippen molar-refractivity contribution in [1.82, 2.24) is 0 Å². The third kappa shape index (κ3) is 2.08. The zero-order valence-electron chi connectivity index (χ0n) is 9.07. The fourth-order valence-electron chi connectivity index (χ4n) is 2.13. The van der Waals surface area contributed by atoms with Gasteiger partial charge in [0.15, 0.2) is 0 Å². The summed E-state index contributed by atoms with van der Waals surface area (Å²) in [6.45, 7) is 0.723. The van der Waals surface area contributed by atoms with Crippen molar-refractivity contribution >= 4 is 11.9 Å². The quantitative estimate of drug-likeness (QED) is 0.723. The summed E-state index contributed by atoms with van der Waals surface area (Å²) >= 11 is 0. The first-order chi connectivity index (χ1) is 7.36. The summed E-state index contributed by atoms with van der Waals surface area (Å²) in [6, 6.07) is 0. The molecular formula is C11H15FO4. The number of hydrogen-bond acceptors (Lipinski definition) is 2. The highest BCUT2D eigenvalue weighted by Crippen LogP contribution is 2.45. The molecule has 0 aromatic carbocycles. The molecule has 1 aliphatic carbocycles. The molecule has 1 rings (SSSR count). The van der Waals surface area contributed by atoms with Crippen molar-refractivity contribution in [2.24, 2.45) is 10.8 Å². The van der Waals surface area contributed by atoms with Gasteiger partial charge < -0.3 is 10.2 Å². The maximum atomic E-state index is 12.4. The zero-order chi connectivity index (χ0) is 12.4. The molecule has 0 radical (unpaired) electrons. The smallest absolute Gasteiger partial charge is 0.313 e. The molecule has 2 atom stereocenters. The van der Waals surface area contributed by atoms with Crippen LogP contribution in [0.5, 0.6) is 0 Å². The summed E-state index contributed by atoms with van der Waals surface area (Å²) in [5, 5.41) is 18.2. The lowest BCUT2D eigenvalue weighted by Crippen LogP contribution is -2.42. The number of hydrogen-bond donors (Lipinski definition) is 2. The second-order valence-electron chi connectivity index (χ2n) is 4.55. The molecule has 0 fully saturated rings. The second kappa shape index (κ2) is 4.23. The van der Waals surface area contributed by atoms with Crippen LogP contribution in [-0.2, 0) is 9.59 Å². The van der Waals surface area contributed by atoms with E-state index in [2.05, 4.69) is 0 Å². The molecule has 16 heavy (non-hydrogen) atoms. The van der Waals surface area contributed by atoms with Gasteiger partial charge in [-0.15, -0.1) is 0 Å². The van der Waals surface area contributed by atoms with Gasteiger partial charge >= 0.3 is 11.9 Å². The van der Waals surface area contributed by atoms with Crippen LogP contribution in [0.25, 0.3) is 0 Å². The molecule has 4 nitrogen and oxygen atoms in total. The van der Waals surface area contributed by atoms with Gasteiger partial charge in [-0.1, -0.05) is 12.2 Å². The summed E-state index contributed by atoms with van der Waals surface area (Å²) < 4.78 is 12.4. The van der Waals surface area contributed by atoms with Crippen LogP contribution in [0, 0.1) is 10.8 Å². The van der Waals surface area contributed by atoms with E-state index in [1.165, 1.54) is 19.1 Å². The van der Waals surface area contributed by atoms with Gasteiger partial charge in [0.25, 0.3) is 0 Å². The zero-order valence-corrected chi connectivity index (χ0v) is 9.07. The highest BCUT2D eigenvalue weighted by atomic mass is 19.1. The molecular weight excluding hydrogens is 215 g/mol. The number of halogens is 1. The van der Waals surface area contributed by atoms with Crippen LogP contribution in [0.3, 0.4) is 0 Å². The van der Waals surface area contributed by atoms with Gasteiger partial charge in [-0.05, 0) is 26.2 Å². The topological polar surface area (TPSA) is 74.6 Å². The minimum atomic E-state index is -1.37. The van der Waals surface area contributed by atoms with E-state index in [0.29, 0.717) is 0 Å². The second-order valence-corrected chi connectivity index (χ2v) is 4.55. The molecule has 2 N–H and O–H groups in total. The molecule has 0 aliphatic heterocycles. The SMILES string of the molecule is CC1(C(=O)O)CC=CC(CCF)(C(=O)O)C1. The predicted octanol–water partition coefficient (Wildman–Crippen LogP) is 1.86. The molecule has 0 spiro atoms. The lowest BCUT2D eigenvalue weighted by molar-refractivity contribution is -0.156. The third-order valence-corrected chi connectivity index (χ3v) is 3.19. The Morgan fingerprint density at radius 1 is 1.38 bits per heavy atom. The van der Waals surface area contributed by atoms with Gasteiger partial charge in [0, 0.05) is 0 Å². The van der Waals surface area contributed by atoms with Crippen molar-refractivity contribution in [2.45, 2.75) is 26.2 Å². The minimum absolute atomic E-state index is 0.0644. The number of carboxylic acid groups (broad SMARTS) is 2. The van der Waals surface area contributed by atoms with Gasteiger partial charge in [0.2, 0.25) is 0 Å². The van der Waals surface area contributed by atoms with Crippen molar-refractivity contribution in [2.75, 3.05) is 6.67 Å². The Hall–Kier alpha value is -1.39. The molecule has 90 valence electrons. The van der Waals surface area contributed by atoms with Gasteiger partial charge in [-0.25, -0.2) is 0 Å². The highest BCUT2D eigenvalue weighted by Gasteiger charge is 2.48. The number of alkyl halides is 1. The van der Waals surface area contributed by atoms with Gasteiger partial charge in [-0.2, -0.15) is 0 Å². The molecule has 0 saturated heterocycles. The molecule has 0 aromatic heterocycles. The Kier molecular flexibility index (Phi) is 3.35. The summed E-state index contributed by atoms with van der Waals surface area (Å²) in [6.07, 6.45) is 3.00. The largest absolute Gasteiger partial charge is 0.481 e. The van der Waals surface area contributed by atoms with Crippen LogP contribution in [0.15, 0.2) is 12.2 Å². The maximum Gasteiger partial charge on any atom is 0.313 e. The molecule has 2 unspecified atom stereocenters. The molecule has 5 heteroatoms. The van der Waals surface area contributed by atoms with E-state index in [4.69, 9.17) is 10.2 Å². The number of carbonyl (C=O) groups is 2. The van der Waals surface area contributed by atoms with E-state index in [-0.39, 0.29) is 19.3 Å². The predicted molar refractivity (Wildman–Crippen MR) is 54.8 cm³/mol. The Morgan fingerprint density at radius 2 is 2.00 bits per heavy atom. The van der Waals surface area contributed by atoms with Gasteiger partial charge in [0.1, 0.15) is 0 Å². The first-order valence-corrected chi connectivity index (χ1v) is 5.07. The summed E-state index contributed by atoms with van der Waals surface area (Å²) in [5.41, 5.74) is -2.50. The van der Waals surface area contributed by atoms with Crippen LogP contribution in [0.4, 0.5) is 4.39 Å². The Morgan fingerprint density at radius 3 is 2.44 bits per heavy atom. The molecule has 0 saturated carbocycles. The normalized spacial score (nSPS) is 33.6. The highest BCUT2D eigenvalue weighted by molar-refractivity contribution is 5.81. The van der Waals surface area contributed by atoms with E-state index >= 15 is 0 Å². The van der Waals surface area contributed by atoms with Crippen molar-refractivity contribution in [3.05, 3.63) is 12.2 Å². The van der Waals surface area contributed by atoms with Crippen LogP contribution >= 0.6 is 0 Å². The Balaban J connectivity index is 3.05. The Labute approximate surface area is 92.8 Å². The van der Waals surface area contributed by atoms with E-state index in [1.807, 2.05) is 0 Å². The van der Waals surface area contributed by atoms with Crippen LogP contribution in [-0.4, -0.2) is 28.8 Å². The standard InChI is InChI=1S/C11H15FO4/c1-10(8(13)14)3-2-4-11(7-10,5-6-12)9(15)16/h2,4H,3,5-7H2,1H3,(H,13,14)(H,15,16). The summed E-state index contributed by atoms with van der Waals surface area (Å²) in [7, 11) is 0. The van der Waals surface area contributed by atoms with Crippen molar-refractivity contribution in [3.8, 4) is 0 Å².